The third kappa shape index (κ3) is 4.21. The number of aliphatic hydroxyl groups excluding tert-OH is 1. The van der Waals surface area contributed by atoms with Gasteiger partial charge in [-0.05, 0) is 111 Å². The van der Waals surface area contributed by atoms with Gasteiger partial charge < -0.3 is 15.2 Å². The fourth-order valence-electron chi connectivity index (χ4n) is 9.34. The molecule has 4 rings (SSSR count). The Balaban J connectivity index is 1.43. The molecule has 4 unspecified atom stereocenters. The van der Waals surface area contributed by atoms with Gasteiger partial charge in [0, 0.05) is 19.0 Å². The van der Waals surface area contributed by atoms with Crippen molar-refractivity contribution < 1.29 is 14.6 Å². The van der Waals surface area contributed by atoms with Crippen molar-refractivity contribution in [2.75, 3.05) is 20.3 Å². The first-order valence-electron chi connectivity index (χ1n) is 13.2. The van der Waals surface area contributed by atoms with Crippen molar-refractivity contribution >= 4 is 5.97 Å². The van der Waals surface area contributed by atoms with Crippen molar-refractivity contribution in [3.63, 3.8) is 0 Å². The maximum absolute atomic E-state index is 11.7. The number of hydrogen-bond donors (Lipinski definition) is 2. The van der Waals surface area contributed by atoms with Gasteiger partial charge in [-0.1, -0.05) is 20.8 Å². The number of carbonyl (C=O) groups is 1. The lowest BCUT2D eigenvalue weighted by atomic mass is 9.44. The highest BCUT2D eigenvalue weighted by atomic mass is 16.5. The zero-order chi connectivity index (χ0) is 22.2. The lowest BCUT2D eigenvalue weighted by Crippen LogP contribution is -2.55. The van der Waals surface area contributed by atoms with Crippen LogP contribution in [-0.2, 0) is 9.53 Å². The third-order valence-electron chi connectivity index (χ3n) is 11.0. The van der Waals surface area contributed by atoms with Crippen LogP contribution in [0.2, 0.25) is 0 Å². The molecule has 178 valence electrons. The smallest absolute Gasteiger partial charge is 0.305 e. The predicted molar refractivity (Wildman–Crippen MR) is 125 cm³/mol. The molecule has 0 aliphatic heterocycles. The van der Waals surface area contributed by atoms with Crippen LogP contribution in [-0.4, -0.2) is 37.4 Å². The molecule has 0 aromatic carbocycles. The van der Waals surface area contributed by atoms with Crippen LogP contribution in [0.1, 0.15) is 91.4 Å². The van der Waals surface area contributed by atoms with E-state index in [9.17, 15) is 9.90 Å². The van der Waals surface area contributed by atoms with Gasteiger partial charge in [0.25, 0.3) is 0 Å². The molecule has 4 saturated carbocycles. The van der Waals surface area contributed by atoms with Crippen LogP contribution >= 0.6 is 0 Å². The number of nitrogens with one attached hydrogen (secondary N) is 1. The number of hydrogen-bond acceptors (Lipinski definition) is 4. The average molecular weight is 434 g/mol. The van der Waals surface area contributed by atoms with Crippen LogP contribution in [0.3, 0.4) is 0 Å². The Morgan fingerprint density at radius 1 is 1.06 bits per heavy atom. The molecule has 0 saturated heterocycles. The standard InChI is InChI=1S/C27H47NO3/c1-18(5-10-25(30)31-4)22-8-9-23-21-7-6-19-17-20(28-15-16-29)11-13-26(19,2)24(21)12-14-27(22,23)3/h18-24,28-29H,5-17H2,1-4H3/t18-,19-,20+,21?,22?,23?,24?,26+,27-/m1/s1. The summed E-state index contributed by atoms with van der Waals surface area (Å²) in [6.45, 7) is 8.65. The number of methoxy groups -OCH3 is 1. The number of ether oxygens (including phenoxy) is 1. The highest BCUT2D eigenvalue weighted by Gasteiger charge is 2.60. The predicted octanol–water partition coefficient (Wildman–Crippen LogP) is 5.19. The van der Waals surface area contributed by atoms with E-state index in [2.05, 4.69) is 26.1 Å². The van der Waals surface area contributed by atoms with Crippen molar-refractivity contribution in [2.24, 2.45) is 46.3 Å². The van der Waals surface area contributed by atoms with E-state index < -0.39 is 0 Å². The van der Waals surface area contributed by atoms with E-state index in [1.165, 1.54) is 64.9 Å². The summed E-state index contributed by atoms with van der Waals surface area (Å²) in [5.41, 5.74) is 0.996. The molecular weight excluding hydrogens is 386 g/mol. The van der Waals surface area contributed by atoms with Gasteiger partial charge in [-0.3, -0.25) is 4.79 Å². The van der Waals surface area contributed by atoms with Crippen LogP contribution in [0.15, 0.2) is 0 Å². The van der Waals surface area contributed by atoms with E-state index in [-0.39, 0.29) is 12.6 Å². The van der Waals surface area contributed by atoms with Crippen LogP contribution in [0.5, 0.6) is 0 Å². The zero-order valence-electron chi connectivity index (χ0n) is 20.5. The summed E-state index contributed by atoms with van der Waals surface area (Å²) in [7, 11) is 1.51. The van der Waals surface area contributed by atoms with Crippen LogP contribution in [0.4, 0.5) is 0 Å². The molecular formula is C27H47NO3. The van der Waals surface area contributed by atoms with Crippen molar-refractivity contribution in [1.82, 2.24) is 5.32 Å². The molecule has 9 atom stereocenters. The fourth-order valence-corrected chi connectivity index (χ4v) is 9.34. The lowest BCUT2D eigenvalue weighted by Gasteiger charge is -2.61. The first kappa shape index (κ1) is 23.5. The third-order valence-corrected chi connectivity index (χ3v) is 11.0. The van der Waals surface area contributed by atoms with Crippen LogP contribution < -0.4 is 5.32 Å². The highest BCUT2D eigenvalue weighted by molar-refractivity contribution is 5.69. The van der Waals surface area contributed by atoms with E-state index in [0.717, 1.165) is 42.6 Å². The molecule has 4 aliphatic carbocycles. The molecule has 4 aliphatic rings. The first-order valence-corrected chi connectivity index (χ1v) is 13.2. The quantitative estimate of drug-likeness (QED) is 0.543. The molecule has 4 heteroatoms. The second kappa shape index (κ2) is 9.33. The minimum atomic E-state index is -0.0504. The molecule has 4 nitrogen and oxygen atoms in total. The van der Waals surface area contributed by atoms with Crippen LogP contribution in [0.25, 0.3) is 0 Å². The Hall–Kier alpha value is -0.610. The summed E-state index contributed by atoms with van der Waals surface area (Å²) in [5.74, 6) is 4.91. The molecule has 0 aromatic heterocycles. The number of aliphatic hydroxyl groups is 1. The van der Waals surface area contributed by atoms with Gasteiger partial charge in [-0.2, -0.15) is 0 Å². The summed E-state index contributed by atoms with van der Waals surface area (Å²) in [6, 6.07) is 0.613. The normalized spacial score (nSPS) is 45.3. The van der Waals surface area contributed by atoms with Crippen molar-refractivity contribution in [3.05, 3.63) is 0 Å². The summed E-state index contributed by atoms with van der Waals surface area (Å²) in [6.07, 6.45) is 13.9. The molecule has 0 heterocycles. The van der Waals surface area contributed by atoms with Gasteiger partial charge in [0.1, 0.15) is 0 Å². The van der Waals surface area contributed by atoms with Gasteiger partial charge in [-0.15, -0.1) is 0 Å². The molecule has 31 heavy (non-hydrogen) atoms. The van der Waals surface area contributed by atoms with Crippen molar-refractivity contribution in [1.29, 1.82) is 0 Å². The molecule has 0 bridgehead atoms. The Morgan fingerprint density at radius 2 is 1.81 bits per heavy atom. The second-order valence-electron chi connectivity index (χ2n) is 12.1. The van der Waals surface area contributed by atoms with Gasteiger partial charge in [0.15, 0.2) is 0 Å². The molecule has 0 amide bonds. The number of esters is 1. The zero-order valence-corrected chi connectivity index (χ0v) is 20.5. The number of rotatable bonds is 7. The fraction of sp³-hybridized carbons (Fsp3) is 0.963. The van der Waals surface area contributed by atoms with Gasteiger partial charge in [0.2, 0.25) is 0 Å². The summed E-state index contributed by atoms with van der Waals surface area (Å²) in [5, 5.41) is 12.8. The lowest BCUT2D eigenvalue weighted by molar-refractivity contribution is -0.141. The largest absolute Gasteiger partial charge is 0.469 e. The van der Waals surface area contributed by atoms with E-state index >= 15 is 0 Å². The van der Waals surface area contributed by atoms with E-state index in [4.69, 9.17) is 4.74 Å². The Bertz CT molecular complexity index is 638. The van der Waals surface area contributed by atoms with Gasteiger partial charge in [0.05, 0.1) is 13.7 Å². The topological polar surface area (TPSA) is 58.6 Å². The van der Waals surface area contributed by atoms with Crippen LogP contribution in [0, 0.1) is 46.3 Å². The minimum Gasteiger partial charge on any atom is -0.469 e. The van der Waals surface area contributed by atoms with Gasteiger partial charge in [-0.25, -0.2) is 0 Å². The SMILES string of the molecule is COC(=O)CC[C@@H](C)C1CCC2C3CC[C@@H]4C[C@@H](NCCO)CC[C@]4(C)C3CC[C@@]21C. The summed E-state index contributed by atoms with van der Waals surface area (Å²) < 4.78 is 4.90. The molecule has 0 spiro atoms. The number of carbonyl (C=O) groups excluding carboxylic acids is 1. The average Bonchev–Trinajstić information content (AvgIpc) is 3.13. The highest BCUT2D eigenvalue weighted by Crippen LogP contribution is 2.68. The van der Waals surface area contributed by atoms with E-state index in [1.807, 2.05) is 0 Å². The Morgan fingerprint density at radius 3 is 2.55 bits per heavy atom. The number of fused-ring (bicyclic) bond motifs is 5. The van der Waals surface area contributed by atoms with Crippen molar-refractivity contribution in [2.45, 2.75) is 97.4 Å². The molecule has 2 N–H and O–H groups in total. The van der Waals surface area contributed by atoms with E-state index in [1.54, 1.807) is 0 Å². The Labute approximate surface area is 190 Å². The maximum atomic E-state index is 11.7. The van der Waals surface area contributed by atoms with Crippen molar-refractivity contribution in [3.8, 4) is 0 Å². The molecule has 0 radical (unpaired) electrons. The molecule has 4 fully saturated rings. The van der Waals surface area contributed by atoms with Gasteiger partial charge >= 0.3 is 5.97 Å². The minimum absolute atomic E-state index is 0.0504. The monoisotopic (exact) mass is 433 g/mol. The van der Waals surface area contributed by atoms with E-state index in [0.29, 0.717) is 29.2 Å². The summed E-state index contributed by atoms with van der Waals surface area (Å²) >= 11 is 0. The summed E-state index contributed by atoms with van der Waals surface area (Å²) in [4.78, 5) is 11.7. The second-order valence-corrected chi connectivity index (χ2v) is 12.1. The maximum Gasteiger partial charge on any atom is 0.305 e. The molecule has 0 aromatic rings. The Kier molecular flexibility index (Phi) is 7.09. The first-order chi connectivity index (χ1) is 14.8.